The third-order valence-electron chi connectivity index (χ3n) is 2.85. The van der Waals surface area contributed by atoms with Gasteiger partial charge in [-0.2, -0.15) is 0 Å². The van der Waals surface area contributed by atoms with Crippen LogP contribution in [0, 0.1) is 0 Å². The van der Waals surface area contributed by atoms with Gasteiger partial charge in [0.15, 0.2) is 15.8 Å². The molecule has 3 heterocycles. The summed E-state index contributed by atoms with van der Waals surface area (Å²) in [5, 5.41) is 10.9. The maximum atomic E-state index is 5.40. The molecule has 0 spiro atoms. The van der Waals surface area contributed by atoms with Gasteiger partial charge in [0.05, 0.1) is 5.69 Å². The minimum atomic E-state index is 0.292. The minimum absolute atomic E-state index is 0.292. The van der Waals surface area contributed by atoms with Crippen molar-refractivity contribution >= 4 is 34.4 Å². The fourth-order valence-electron chi connectivity index (χ4n) is 1.90. The Morgan fingerprint density at radius 2 is 2.14 bits per heavy atom. The topological polar surface area (TPSA) is 57.1 Å². The Labute approximate surface area is 133 Å². The first kappa shape index (κ1) is 13.1. The van der Waals surface area contributed by atoms with Crippen molar-refractivity contribution in [3.8, 4) is 22.1 Å². The first-order valence-electron chi connectivity index (χ1n) is 6.12. The Kier molecular flexibility index (Phi) is 3.50. The molecule has 8 heteroatoms. The molecule has 0 radical (unpaired) electrons. The zero-order chi connectivity index (χ0) is 14.1. The molecule has 0 saturated carbocycles. The van der Waals surface area contributed by atoms with E-state index < -0.39 is 0 Å². The number of aromatic nitrogens is 3. The number of nitrogens with zero attached hydrogens (tertiary/aromatic N) is 3. The molecule has 0 bridgehead atoms. The second kappa shape index (κ2) is 5.63. The van der Waals surface area contributed by atoms with Gasteiger partial charge in [0.2, 0.25) is 6.79 Å². The fraction of sp³-hybridized carbons (Fsp3) is 0.154. The van der Waals surface area contributed by atoms with E-state index in [0.29, 0.717) is 6.79 Å². The molecular weight excluding hydrogens is 326 g/mol. The highest BCUT2D eigenvalue weighted by atomic mass is 32.2. The summed E-state index contributed by atoms with van der Waals surface area (Å²) in [5.74, 6) is 2.38. The average Bonchev–Trinajstić information content (AvgIpc) is 3.25. The van der Waals surface area contributed by atoms with E-state index >= 15 is 0 Å². The molecule has 1 aliphatic heterocycles. The lowest BCUT2D eigenvalue weighted by atomic mass is 10.2. The van der Waals surface area contributed by atoms with Gasteiger partial charge in [-0.05, 0) is 18.2 Å². The average molecular weight is 335 g/mol. The number of fused-ring (bicyclic) bond motifs is 1. The summed E-state index contributed by atoms with van der Waals surface area (Å²) < 4.78 is 11.7. The zero-order valence-electron chi connectivity index (χ0n) is 10.7. The van der Waals surface area contributed by atoms with Crippen LogP contribution in [0.2, 0.25) is 0 Å². The molecule has 1 aromatic carbocycles. The van der Waals surface area contributed by atoms with Crippen LogP contribution in [-0.2, 0) is 5.75 Å². The highest BCUT2D eigenvalue weighted by Gasteiger charge is 2.15. The van der Waals surface area contributed by atoms with E-state index in [4.69, 9.17) is 9.47 Å². The van der Waals surface area contributed by atoms with Crippen LogP contribution in [0.5, 0.6) is 11.5 Å². The Bertz CT molecular complexity index is 758. The van der Waals surface area contributed by atoms with Crippen LogP contribution in [0.15, 0.2) is 33.4 Å². The van der Waals surface area contributed by atoms with E-state index in [1.807, 2.05) is 18.2 Å². The van der Waals surface area contributed by atoms with Gasteiger partial charge in [0.1, 0.15) is 10.5 Å². The summed E-state index contributed by atoms with van der Waals surface area (Å²) in [7, 11) is 0. The number of ether oxygens (including phenoxy) is 2. The molecule has 21 heavy (non-hydrogen) atoms. The summed E-state index contributed by atoms with van der Waals surface area (Å²) in [5.41, 5.74) is 3.84. The van der Waals surface area contributed by atoms with E-state index in [2.05, 4.69) is 20.6 Å². The van der Waals surface area contributed by atoms with Crippen molar-refractivity contribution in [2.75, 3.05) is 6.79 Å². The lowest BCUT2D eigenvalue weighted by molar-refractivity contribution is 0.174. The molecule has 3 aromatic rings. The van der Waals surface area contributed by atoms with Gasteiger partial charge in [0.25, 0.3) is 0 Å². The van der Waals surface area contributed by atoms with Gasteiger partial charge >= 0.3 is 0 Å². The molecule has 0 amide bonds. The van der Waals surface area contributed by atoms with Crippen molar-refractivity contribution in [3.05, 3.63) is 34.8 Å². The SMILES string of the molecule is c1nnc(SCc2csc(-c3ccc4c(c3)OCO4)n2)s1. The summed E-state index contributed by atoms with van der Waals surface area (Å²) >= 11 is 4.83. The van der Waals surface area contributed by atoms with Crippen LogP contribution >= 0.6 is 34.4 Å². The molecule has 1 aliphatic rings. The predicted octanol–water partition coefficient (Wildman–Crippen LogP) is 3.68. The molecule has 5 nitrogen and oxygen atoms in total. The van der Waals surface area contributed by atoms with Gasteiger partial charge in [-0.1, -0.05) is 23.1 Å². The zero-order valence-corrected chi connectivity index (χ0v) is 13.1. The van der Waals surface area contributed by atoms with Crippen molar-refractivity contribution < 1.29 is 9.47 Å². The summed E-state index contributed by atoms with van der Waals surface area (Å²) in [6.07, 6.45) is 0. The lowest BCUT2D eigenvalue weighted by Gasteiger charge is -1.99. The van der Waals surface area contributed by atoms with Crippen LogP contribution in [0.25, 0.3) is 10.6 Å². The normalized spacial score (nSPS) is 12.8. The van der Waals surface area contributed by atoms with Crippen molar-refractivity contribution in [2.24, 2.45) is 0 Å². The Morgan fingerprint density at radius 1 is 1.19 bits per heavy atom. The molecule has 0 N–H and O–H groups in total. The minimum Gasteiger partial charge on any atom is -0.454 e. The molecule has 0 saturated heterocycles. The Balaban J connectivity index is 1.51. The number of benzene rings is 1. The second-order valence-corrected chi connectivity index (χ2v) is 7.12. The quantitative estimate of drug-likeness (QED) is 0.678. The van der Waals surface area contributed by atoms with Crippen LogP contribution in [-0.4, -0.2) is 22.0 Å². The number of rotatable bonds is 4. The van der Waals surface area contributed by atoms with Crippen molar-refractivity contribution in [1.82, 2.24) is 15.2 Å². The van der Waals surface area contributed by atoms with Gasteiger partial charge in [0, 0.05) is 16.7 Å². The molecule has 0 aliphatic carbocycles. The molecule has 0 fully saturated rings. The number of thiazole rings is 1. The van der Waals surface area contributed by atoms with Crippen molar-refractivity contribution in [3.63, 3.8) is 0 Å². The van der Waals surface area contributed by atoms with E-state index in [1.54, 1.807) is 39.9 Å². The monoisotopic (exact) mass is 335 g/mol. The highest BCUT2D eigenvalue weighted by molar-refractivity contribution is 8.00. The van der Waals surface area contributed by atoms with Crippen molar-refractivity contribution in [1.29, 1.82) is 0 Å². The first-order chi connectivity index (χ1) is 10.4. The van der Waals surface area contributed by atoms with Gasteiger partial charge in [-0.3, -0.25) is 0 Å². The van der Waals surface area contributed by atoms with E-state index in [0.717, 1.165) is 37.9 Å². The fourth-order valence-corrected chi connectivity index (χ4v) is 4.20. The van der Waals surface area contributed by atoms with Gasteiger partial charge < -0.3 is 9.47 Å². The maximum Gasteiger partial charge on any atom is 0.231 e. The van der Waals surface area contributed by atoms with Crippen LogP contribution in [0.1, 0.15) is 5.69 Å². The molecular formula is C13H9N3O2S3. The third-order valence-corrected chi connectivity index (χ3v) is 5.69. The highest BCUT2D eigenvalue weighted by Crippen LogP contribution is 2.37. The second-order valence-electron chi connectivity index (χ2n) is 4.21. The van der Waals surface area contributed by atoms with E-state index in [9.17, 15) is 0 Å². The predicted molar refractivity (Wildman–Crippen MR) is 83.1 cm³/mol. The lowest BCUT2D eigenvalue weighted by Crippen LogP contribution is -1.92. The third kappa shape index (κ3) is 2.74. The van der Waals surface area contributed by atoms with Gasteiger partial charge in [-0.15, -0.1) is 21.5 Å². The number of hydrogen-bond donors (Lipinski definition) is 0. The maximum absolute atomic E-state index is 5.40. The van der Waals surface area contributed by atoms with E-state index in [1.165, 1.54) is 0 Å². The molecule has 0 atom stereocenters. The van der Waals surface area contributed by atoms with Gasteiger partial charge in [-0.25, -0.2) is 4.98 Å². The van der Waals surface area contributed by atoms with E-state index in [-0.39, 0.29) is 0 Å². The van der Waals surface area contributed by atoms with Crippen molar-refractivity contribution in [2.45, 2.75) is 10.1 Å². The largest absolute Gasteiger partial charge is 0.454 e. The molecule has 4 rings (SSSR count). The van der Waals surface area contributed by atoms with Crippen LogP contribution in [0.4, 0.5) is 0 Å². The molecule has 2 aromatic heterocycles. The van der Waals surface area contributed by atoms with Crippen LogP contribution < -0.4 is 9.47 Å². The smallest absolute Gasteiger partial charge is 0.231 e. The van der Waals surface area contributed by atoms with Crippen LogP contribution in [0.3, 0.4) is 0 Å². The summed E-state index contributed by atoms with van der Waals surface area (Å²) in [6, 6.07) is 5.91. The Hall–Kier alpha value is -1.64. The standard InChI is InChI=1S/C13H9N3O2S3/c1-2-10-11(18-7-17-10)3-8(1)12-15-9(4-19-12)5-20-13-16-14-6-21-13/h1-4,6H,5,7H2. The summed E-state index contributed by atoms with van der Waals surface area (Å²) in [4.78, 5) is 4.66. The number of thioether (sulfide) groups is 1. The first-order valence-corrected chi connectivity index (χ1v) is 8.86. The Morgan fingerprint density at radius 3 is 3.05 bits per heavy atom. The molecule has 106 valence electrons. The molecule has 0 unspecified atom stereocenters. The summed E-state index contributed by atoms with van der Waals surface area (Å²) in [6.45, 7) is 0.292. The number of hydrogen-bond acceptors (Lipinski definition) is 8.